The van der Waals surface area contributed by atoms with Gasteiger partial charge < -0.3 is 9.47 Å². The van der Waals surface area contributed by atoms with E-state index >= 15 is 0 Å². The smallest absolute Gasteiger partial charge is 0.411 e. The summed E-state index contributed by atoms with van der Waals surface area (Å²) in [6.07, 6.45) is 6.10. The van der Waals surface area contributed by atoms with Gasteiger partial charge in [-0.2, -0.15) is 0 Å². The summed E-state index contributed by atoms with van der Waals surface area (Å²) in [6, 6.07) is 23.5. The lowest BCUT2D eigenvalue weighted by Gasteiger charge is -2.21. The molecule has 7 heteroatoms. The van der Waals surface area contributed by atoms with E-state index in [2.05, 4.69) is 11.2 Å². The summed E-state index contributed by atoms with van der Waals surface area (Å²) >= 11 is 0. The third-order valence-corrected chi connectivity index (χ3v) is 5.14. The van der Waals surface area contributed by atoms with E-state index in [0.29, 0.717) is 34.6 Å². The van der Waals surface area contributed by atoms with Gasteiger partial charge in [0.1, 0.15) is 0 Å². The van der Waals surface area contributed by atoms with Gasteiger partial charge in [-0.1, -0.05) is 60.7 Å². The molecule has 7 nitrogen and oxygen atoms in total. The molecule has 2 amide bonds. The number of ether oxygens (including phenoxy) is 2. The predicted octanol–water partition coefficient (Wildman–Crippen LogP) is 4.64. The van der Waals surface area contributed by atoms with Crippen molar-refractivity contribution in [2.24, 2.45) is 0 Å². The molecule has 0 aliphatic rings. The minimum atomic E-state index is -0.644. The number of terminal acetylenes is 1. The van der Waals surface area contributed by atoms with Crippen LogP contribution in [0.5, 0.6) is 0 Å². The van der Waals surface area contributed by atoms with Gasteiger partial charge in [0.15, 0.2) is 0 Å². The van der Waals surface area contributed by atoms with Crippen LogP contribution in [0.4, 0.5) is 16.2 Å². The van der Waals surface area contributed by atoms with Crippen LogP contribution in [0.25, 0.3) is 5.57 Å². The van der Waals surface area contributed by atoms with Crippen LogP contribution in [-0.2, 0) is 25.6 Å². The molecule has 0 atom stereocenters. The maximum Gasteiger partial charge on any atom is 0.411 e. The van der Waals surface area contributed by atoms with E-state index < -0.39 is 18.0 Å². The average molecular weight is 469 g/mol. The molecular formula is C28H24N2O5. The Hall–Kier alpha value is -4.83. The molecule has 0 heterocycles. The Labute approximate surface area is 204 Å². The van der Waals surface area contributed by atoms with Crippen LogP contribution in [0.15, 0.2) is 84.9 Å². The fourth-order valence-electron chi connectivity index (χ4n) is 3.43. The van der Waals surface area contributed by atoms with Crippen molar-refractivity contribution in [3.63, 3.8) is 0 Å². The minimum Gasteiger partial charge on any atom is -0.466 e. The first-order valence-corrected chi connectivity index (χ1v) is 10.6. The van der Waals surface area contributed by atoms with Gasteiger partial charge >= 0.3 is 18.0 Å². The van der Waals surface area contributed by atoms with E-state index in [-0.39, 0.29) is 0 Å². The number of benzene rings is 3. The summed E-state index contributed by atoms with van der Waals surface area (Å²) < 4.78 is 9.54. The Kier molecular flexibility index (Phi) is 8.41. The molecule has 3 aromatic carbocycles. The number of amides is 2. The van der Waals surface area contributed by atoms with Crippen LogP contribution in [0.1, 0.15) is 16.7 Å². The highest BCUT2D eigenvalue weighted by Gasteiger charge is 2.17. The Morgan fingerprint density at radius 2 is 1.57 bits per heavy atom. The van der Waals surface area contributed by atoms with Crippen molar-refractivity contribution < 1.29 is 23.9 Å². The van der Waals surface area contributed by atoms with Gasteiger partial charge in [-0.25, -0.2) is 9.59 Å². The summed E-state index contributed by atoms with van der Waals surface area (Å²) in [6.45, 7) is 0.306. The quantitative estimate of drug-likeness (QED) is 0.310. The maximum absolute atomic E-state index is 12.5. The summed E-state index contributed by atoms with van der Waals surface area (Å²) in [5, 5.41) is 2.65. The van der Waals surface area contributed by atoms with E-state index in [0.717, 1.165) is 5.56 Å². The first kappa shape index (κ1) is 24.8. The van der Waals surface area contributed by atoms with Crippen LogP contribution >= 0.6 is 0 Å². The third-order valence-electron chi connectivity index (χ3n) is 5.14. The lowest BCUT2D eigenvalue weighted by atomic mass is 9.95. The average Bonchev–Trinajstić information content (AvgIpc) is 2.91. The molecule has 3 aromatic rings. The summed E-state index contributed by atoms with van der Waals surface area (Å²) in [4.78, 5) is 38.0. The first-order valence-electron chi connectivity index (χ1n) is 10.6. The SMILES string of the molecule is C#CC(=O)N(Cc1ccccc1)c1ccc(/C(=C/C(=O)OC)c2ccccc2NC(=O)OC)cc1. The van der Waals surface area contributed by atoms with Gasteiger partial charge in [-0.3, -0.25) is 15.0 Å². The molecule has 3 rings (SSSR count). The van der Waals surface area contributed by atoms with Gasteiger partial charge in [-0.15, -0.1) is 6.42 Å². The van der Waals surface area contributed by atoms with Crippen LogP contribution in [0, 0.1) is 12.3 Å². The number of methoxy groups -OCH3 is 2. The molecule has 0 bridgehead atoms. The van der Waals surface area contributed by atoms with E-state index in [9.17, 15) is 14.4 Å². The molecule has 176 valence electrons. The fraction of sp³-hybridized carbons (Fsp3) is 0.107. The van der Waals surface area contributed by atoms with Crippen molar-refractivity contribution in [1.29, 1.82) is 0 Å². The molecule has 0 unspecified atom stereocenters. The highest BCUT2D eigenvalue weighted by molar-refractivity contribution is 6.05. The zero-order chi connectivity index (χ0) is 25.2. The standard InChI is InChI=1S/C28H24N2O5/c1-4-26(31)30(19-20-10-6-5-7-11-20)22-16-14-21(15-17-22)24(18-27(32)34-2)23-12-8-9-13-25(23)29-28(33)35-3/h1,5-18H,19H2,2-3H3,(H,29,33)/b24-18-. The highest BCUT2D eigenvalue weighted by Crippen LogP contribution is 2.31. The molecule has 35 heavy (non-hydrogen) atoms. The highest BCUT2D eigenvalue weighted by atomic mass is 16.5. The molecule has 0 radical (unpaired) electrons. The fourth-order valence-corrected chi connectivity index (χ4v) is 3.43. The number of esters is 1. The topological polar surface area (TPSA) is 84.9 Å². The lowest BCUT2D eigenvalue weighted by molar-refractivity contribution is -0.134. The molecule has 0 aliphatic heterocycles. The van der Waals surface area contributed by atoms with Crippen molar-refractivity contribution in [3.8, 4) is 12.3 Å². The first-order chi connectivity index (χ1) is 17.0. The second kappa shape index (κ2) is 11.9. The largest absolute Gasteiger partial charge is 0.466 e. The van der Waals surface area contributed by atoms with E-state index in [1.165, 1.54) is 25.2 Å². The molecule has 0 saturated carbocycles. The van der Waals surface area contributed by atoms with Crippen molar-refractivity contribution in [2.45, 2.75) is 6.54 Å². The van der Waals surface area contributed by atoms with E-state index in [1.807, 2.05) is 30.3 Å². The van der Waals surface area contributed by atoms with E-state index in [4.69, 9.17) is 15.9 Å². The summed E-state index contributed by atoms with van der Waals surface area (Å²) in [5.41, 5.74) is 3.72. The summed E-state index contributed by atoms with van der Waals surface area (Å²) in [5.74, 6) is 1.14. The van der Waals surface area contributed by atoms with Crippen molar-refractivity contribution in [1.82, 2.24) is 0 Å². The van der Waals surface area contributed by atoms with E-state index in [1.54, 1.807) is 48.5 Å². The number of nitrogens with one attached hydrogen (secondary N) is 1. The van der Waals surface area contributed by atoms with Crippen molar-refractivity contribution >= 4 is 34.9 Å². The Balaban J connectivity index is 2.02. The normalized spacial score (nSPS) is 10.6. The molecule has 0 spiro atoms. The Bertz CT molecular complexity index is 1270. The second-order valence-electron chi connectivity index (χ2n) is 7.31. The number of nitrogens with zero attached hydrogens (tertiary/aromatic N) is 1. The summed E-state index contributed by atoms with van der Waals surface area (Å²) in [7, 11) is 2.55. The Morgan fingerprint density at radius 1 is 0.914 bits per heavy atom. The zero-order valence-corrected chi connectivity index (χ0v) is 19.4. The van der Waals surface area contributed by atoms with Crippen molar-refractivity contribution in [2.75, 3.05) is 24.4 Å². The third kappa shape index (κ3) is 6.36. The number of hydrogen-bond donors (Lipinski definition) is 1. The molecule has 0 saturated heterocycles. The number of anilines is 2. The maximum atomic E-state index is 12.5. The van der Waals surface area contributed by atoms with Crippen LogP contribution < -0.4 is 10.2 Å². The zero-order valence-electron chi connectivity index (χ0n) is 19.4. The number of carbonyl (C=O) groups excluding carboxylic acids is 3. The van der Waals surface area contributed by atoms with Gasteiger partial charge in [0, 0.05) is 17.3 Å². The molecule has 0 fully saturated rings. The monoisotopic (exact) mass is 468 g/mol. The van der Waals surface area contributed by atoms with Crippen LogP contribution in [0.3, 0.4) is 0 Å². The van der Waals surface area contributed by atoms with Gasteiger partial charge in [-0.05, 0) is 40.8 Å². The number of rotatable bonds is 7. The lowest BCUT2D eigenvalue weighted by Crippen LogP contribution is -2.28. The van der Waals surface area contributed by atoms with Gasteiger partial charge in [0.05, 0.1) is 26.5 Å². The van der Waals surface area contributed by atoms with Crippen molar-refractivity contribution in [3.05, 3.63) is 102 Å². The van der Waals surface area contributed by atoms with Crippen LogP contribution in [0.2, 0.25) is 0 Å². The number of para-hydroxylation sites is 1. The number of carbonyl (C=O) groups is 3. The van der Waals surface area contributed by atoms with Gasteiger partial charge in [0.2, 0.25) is 0 Å². The number of hydrogen-bond acceptors (Lipinski definition) is 5. The molecular weight excluding hydrogens is 444 g/mol. The Morgan fingerprint density at radius 3 is 2.20 bits per heavy atom. The molecule has 0 aromatic heterocycles. The van der Waals surface area contributed by atoms with Gasteiger partial charge in [0.25, 0.3) is 0 Å². The minimum absolute atomic E-state index is 0.306. The second-order valence-corrected chi connectivity index (χ2v) is 7.31. The predicted molar refractivity (Wildman–Crippen MR) is 134 cm³/mol. The van der Waals surface area contributed by atoms with Crippen LogP contribution in [-0.4, -0.2) is 32.2 Å². The molecule has 0 aliphatic carbocycles. The molecule has 1 N–H and O–H groups in total.